The summed E-state index contributed by atoms with van der Waals surface area (Å²) < 4.78 is 0. The van der Waals surface area contributed by atoms with E-state index in [1.54, 1.807) is 4.90 Å². The molecule has 2 amide bonds. The third kappa shape index (κ3) is 3.14. The lowest BCUT2D eigenvalue weighted by atomic mass is 9.90. The van der Waals surface area contributed by atoms with Crippen LogP contribution in [0.25, 0.3) is 0 Å². The van der Waals surface area contributed by atoms with E-state index in [2.05, 4.69) is 0 Å². The molecule has 0 saturated carbocycles. The molecule has 2 N–H and O–H groups in total. The summed E-state index contributed by atoms with van der Waals surface area (Å²) in [5.41, 5.74) is 5.94. The molecule has 2 heterocycles. The molecule has 114 valence electrons. The summed E-state index contributed by atoms with van der Waals surface area (Å²) in [7, 11) is 0. The minimum Gasteiger partial charge on any atom is -0.341 e. The van der Waals surface area contributed by atoms with Gasteiger partial charge in [-0.05, 0) is 38.5 Å². The maximum absolute atomic E-state index is 12.6. The number of rotatable bonds is 4. The molecule has 5 heteroatoms. The van der Waals surface area contributed by atoms with Crippen LogP contribution in [0.15, 0.2) is 0 Å². The van der Waals surface area contributed by atoms with Crippen molar-refractivity contribution in [1.82, 2.24) is 9.80 Å². The van der Waals surface area contributed by atoms with Crippen molar-refractivity contribution in [2.45, 2.75) is 58.0 Å². The van der Waals surface area contributed by atoms with Crippen molar-refractivity contribution in [2.75, 3.05) is 19.6 Å². The molecule has 0 bridgehead atoms. The number of nitrogens with zero attached hydrogens (tertiary/aromatic N) is 2. The van der Waals surface area contributed by atoms with Crippen molar-refractivity contribution in [3.8, 4) is 0 Å². The van der Waals surface area contributed by atoms with E-state index in [0.717, 1.165) is 38.9 Å². The van der Waals surface area contributed by atoms with Gasteiger partial charge < -0.3 is 15.5 Å². The van der Waals surface area contributed by atoms with Crippen LogP contribution in [0.1, 0.15) is 46.0 Å². The number of amides is 2. The van der Waals surface area contributed by atoms with Gasteiger partial charge in [0.15, 0.2) is 0 Å². The topological polar surface area (TPSA) is 66.6 Å². The summed E-state index contributed by atoms with van der Waals surface area (Å²) in [6, 6.07) is -0.0498. The number of nitrogens with two attached hydrogens (primary N) is 1. The maximum atomic E-state index is 12.6. The van der Waals surface area contributed by atoms with Gasteiger partial charge in [0.05, 0.1) is 0 Å². The van der Waals surface area contributed by atoms with Crippen LogP contribution in [0.4, 0.5) is 0 Å². The zero-order valence-electron chi connectivity index (χ0n) is 12.7. The molecule has 2 atom stereocenters. The van der Waals surface area contributed by atoms with Gasteiger partial charge >= 0.3 is 0 Å². The minimum atomic E-state index is -0.253. The highest BCUT2D eigenvalue weighted by atomic mass is 16.2. The number of carbonyl (C=O) groups is 2. The van der Waals surface area contributed by atoms with Gasteiger partial charge in [-0.25, -0.2) is 0 Å². The van der Waals surface area contributed by atoms with E-state index in [9.17, 15) is 9.59 Å². The zero-order chi connectivity index (χ0) is 14.7. The van der Waals surface area contributed by atoms with Crippen molar-refractivity contribution >= 4 is 11.8 Å². The van der Waals surface area contributed by atoms with Crippen molar-refractivity contribution in [3.05, 3.63) is 0 Å². The molecule has 0 spiro atoms. The van der Waals surface area contributed by atoms with Gasteiger partial charge in [0.25, 0.3) is 0 Å². The van der Waals surface area contributed by atoms with Gasteiger partial charge in [0.2, 0.25) is 11.8 Å². The van der Waals surface area contributed by atoms with Gasteiger partial charge in [-0.15, -0.1) is 0 Å². The Morgan fingerprint density at radius 3 is 2.45 bits per heavy atom. The highest BCUT2D eigenvalue weighted by Gasteiger charge is 2.35. The Labute approximate surface area is 121 Å². The van der Waals surface area contributed by atoms with Gasteiger partial charge in [-0.1, -0.05) is 6.92 Å². The second-order valence-electron chi connectivity index (χ2n) is 6.14. The molecular weight excluding hydrogens is 254 g/mol. The number of piperidine rings is 1. The third-order valence-corrected chi connectivity index (χ3v) is 4.75. The van der Waals surface area contributed by atoms with E-state index in [4.69, 9.17) is 5.73 Å². The molecule has 2 aliphatic heterocycles. The summed E-state index contributed by atoms with van der Waals surface area (Å²) in [4.78, 5) is 28.2. The summed E-state index contributed by atoms with van der Waals surface area (Å²) in [6.45, 7) is 6.33. The summed E-state index contributed by atoms with van der Waals surface area (Å²) in [6.07, 6.45) is 4.14. The molecule has 2 saturated heterocycles. The monoisotopic (exact) mass is 281 g/mol. The molecule has 0 aromatic heterocycles. The molecule has 2 fully saturated rings. The lowest BCUT2D eigenvalue weighted by molar-refractivity contribution is -0.144. The summed E-state index contributed by atoms with van der Waals surface area (Å²) >= 11 is 0. The number of likely N-dealkylation sites (tertiary alicyclic amines) is 2. The first-order valence-electron chi connectivity index (χ1n) is 7.88. The Morgan fingerprint density at radius 1 is 1.35 bits per heavy atom. The smallest absolute Gasteiger partial charge is 0.245 e. The molecule has 0 radical (unpaired) electrons. The minimum absolute atomic E-state index is 0.130. The number of hydrogen-bond acceptors (Lipinski definition) is 3. The fourth-order valence-corrected chi connectivity index (χ4v) is 3.38. The molecule has 2 unspecified atom stereocenters. The first-order valence-corrected chi connectivity index (χ1v) is 7.88. The summed E-state index contributed by atoms with van der Waals surface area (Å²) in [5, 5.41) is 0. The molecule has 5 nitrogen and oxygen atoms in total. The lowest BCUT2D eigenvalue weighted by Gasteiger charge is -2.37. The van der Waals surface area contributed by atoms with Gasteiger partial charge in [-0.2, -0.15) is 0 Å². The molecular formula is C15H27N3O2. The van der Waals surface area contributed by atoms with Crippen molar-refractivity contribution in [3.63, 3.8) is 0 Å². The predicted octanol–water partition coefficient (Wildman–Crippen LogP) is 0.973. The van der Waals surface area contributed by atoms with Crippen LogP contribution in [-0.4, -0.2) is 53.3 Å². The zero-order valence-corrected chi connectivity index (χ0v) is 12.7. The van der Waals surface area contributed by atoms with E-state index in [1.807, 2.05) is 18.7 Å². The first-order chi connectivity index (χ1) is 9.54. The average molecular weight is 281 g/mol. The van der Waals surface area contributed by atoms with Crippen LogP contribution >= 0.6 is 0 Å². The quantitative estimate of drug-likeness (QED) is 0.835. The van der Waals surface area contributed by atoms with Crippen LogP contribution in [0, 0.1) is 5.92 Å². The SMILES string of the molecule is CCC(C(=O)N1CCC(C(C)N)CC1)N1CCCC1=O. The Hall–Kier alpha value is -1.10. The Balaban J connectivity index is 1.94. The van der Waals surface area contributed by atoms with Gasteiger partial charge in [-0.3, -0.25) is 9.59 Å². The lowest BCUT2D eigenvalue weighted by Crippen LogP contribution is -2.51. The number of carbonyl (C=O) groups excluding carboxylic acids is 2. The van der Waals surface area contributed by atoms with E-state index in [1.165, 1.54) is 0 Å². The van der Waals surface area contributed by atoms with Gasteiger partial charge in [0.1, 0.15) is 6.04 Å². The molecule has 2 aliphatic rings. The van der Waals surface area contributed by atoms with E-state index >= 15 is 0 Å². The molecule has 20 heavy (non-hydrogen) atoms. The van der Waals surface area contributed by atoms with Gasteiger partial charge in [0, 0.05) is 32.1 Å². The van der Waals surface area contributed by atoms with Crippen LogP contribution in [0.2, 0.25) is 0 Å². The van der Waals surface area contributed by atoms with Crippen molar-refractivity contribution in [2.24, 2.45) is 11.7 Å². The van der Waals surface area contributed by atoms with Crippen molar-refractivity contribution < 1.29 is 9.59 Å². The summed E-state index contributed by atoms with van der Waals surface area (Å²) in [5.74, 6) is 0.786. The normalized spacial score (nSPS) is 24.1. The standard InChI is InChI=1S/C15H27N3O2/c1-3-13(18-8-4-5-14(18)19)15(20)17-9-6-12(7-10-17)11(2)16/h11-13H,3-10,16H2,1-2H3. The van der Waals surface area contributed by atoms with E-state index < -0.39 is 0 Å². The van der Waals surface area contributed by atoms with E-state index in [-0.39, 0.29) is 23.9 Å². The molecule has 0 aromatic rings. The number of hydrogen-bond donors (Lipinski definition) is 1. The molecule has 0 aromatic carbocycles. The molecule has 0 aliphatic carbocycles. The highest BCUT2D eigenvalue weighted by molar-refractivity contribution is 5.88. The van der Waals surface area contributed by atoms with Crippen LogP contribution < -0.4 is 5.73 Å². The second kappa shape index (κ2) is 6.57. The fourth-order valence-electron chi connectivity index (χ4n) is 3.38. The van der Waals surface area contributed by atoms with Crippen molar-refractivity contribution in [1.29, 1.82) is 0 Å². The largest absolute Gasteiger partial charge is 0.341 e. The first kappa shape index (κ1) is 15.3. The Kier molecular flexibility index (Phi) is 5.02. The Bertz CT molecular complexity index is 362. The van der Waals surface area contributed by atoms with Crippen LogP contribution in [0.3, 0.4) is 0 Å². The maximum Gasteiger partial charge on any atom is 0.245 e. The predicted molar refractivity (Wildman–Crippen MR) is 78.0 cm³/mol. The average Bonchev–Trinajstić information content (AvgIpc) is 2.86. The van der Waals surface area contributed by atoms with E-state index in [0.29, 0.717) is 18.8 Å². The third-order valence-electron chi connectivity index (χ3n) is 4.75. The fraction of sp³-hybridized carbons (Fsp3) is 0.867. The second-order valence-corrected chi connectivity index (χ2v) is 6.14. The molecule has 2 rings (SSSR count). The Morgan fingerprint density at radius 2 is 2.00 bits per heavy atom. The van der Waals surface area contributed by atoms with Crippen LogP contribution in [-0.2, 0) is 9.59 Å². The highest BCUT2D eigenvalue weighted by Crippen LogP contribution is 2.23. The van der Waals surface area contributed by atoms with Crippen LogP contribution in [0.5, 0.6) is 0 Å².